The summed E-state index contributed by atoms with van der Waals surface area (Å²) in [7, 11) is 0. The maximum absolute atomic E-state index is 12.0. The van der Waals surface area contributed by atoms with Crippen molar-refractivity contribution in [2.24, 2.45) is 0 Å². The number of carbonyl (C=O) groups is 3. The van der Waals surface area contributed by atoms with E-state index in [2.05, 4.69) is 5.32 Å². The number of benzene rings is 1. The van der Waals surface area contributed by atoms with Crippen molar-refractivity contribution in [3.8, 4) is 0 Å². The van der Waals surface area contributed by atoms with Crippen molar-refractivity contribution in [2.75, 3.05) is 16.8 Å². The molecule has 0 bridgehead atoms. The van der Waals surface area contributed by atoms with E-state index in [0.717, 1.165) is 12.0 Å². The summed E-state index contributed by atoms with van der Waals surface area (Å²) in [6, 6.07) is 5.60. The second-order valence-electron chi connectivity index (χ2n) is 6.55. The number of anilines is 2. The van der Waals surface area contributed by atoms with Crippen LogP contribution in [-0.2, 0) is 23.9 Å². The van der Waals surface area contributed by atoms with Crippen molar-refractivity contribution in [3.05, 3.63) is 35.5 Å². The lowest BCUT2D eigenvalue weighted by Gasteiger charge is -2.29. The first-order valence-corrected chi connectivity index (χ1v) is 8.11. The normalized spacial score (nSPS) is 19.6. The molecule has 1 amide bonds. The minimum Gasteiger partial charge on any atom is -0.419 e. The molecule has 0 unspecified atom stereocenters. The molecule has 25 heavy (non-hydrogen) atoms. The quantitative estimate of drug-likeness (QED) is 0.514. The molecule has 3 rings (SSSR count). The Morgan fingerprint density at radius 3 is 2.44 bits per heavy atom. The summed E-state index contributed by atoms with van der Waals surface area (Å²) in [5.41, 5.74) is 2.10. The Labute approximate surface area is 145 Å². The number of cyclic esters (lactones) is 2. The zero-order valence-electron chi connectivity index (χ0n) is 14.4. The zero-order valence-corrected chi connectivity index (χ0v) is 14.4. The van der Waals surface area contributed by atoms with Crippen LogP contribution in [0.2, 0.25) is 0 Å². The summed E-state index contributed by atoms with van der Waals surface area (Å²) in [5, 5.41) is 2.95. The van der Waals surface area contributed by atoms with Gasteiger partial charge in [-0.1, -0.05) is 6.07 Å². The maximum Gasteiger partial charge on any atom is 0.350 e. The van der Waals surface area contributed by atoms with Gasteiger partial charge in [-0.3, -0.25) is 4.79 Å². The Morgan fingerprint density at radius 2 is 1.84 bits per heavy atom. The molecule has 0 saturated carbocycles. The van der Waals surface area contributed by atoms with E-state index in [9.17, 15) is 14.4 Å². The average molecular weight is 344 g/mol. The van der Waals surface area contributed by atoms with Gasteiger partial charge in [0.15, 0.2) is 5.57 Å². The van der Waals surface area contributed by atoms with E-state index >= 15 is 0 Å². The molecule has 2 fully saturated rings. The number of nitrogens with one attached hydrogen (secondary N) is 1. The van der Waals surface area contributed by atoms with Gasteiger partial charge in [0.2, 0.25) is 5.91 Å². The molecule has 0 radical (unpaired) electrons. The highest BCUT2D eigenvalue weighted by Gasteiger charge is 2.39. The van der Waals surface area contributed by atoms with Crippen molar-refractivity contribution in [1.29, 1.82) is 0 Å². The fourth-order valence-electron chi connectivity index (χ4n) is 2.83. The number of hydrogen-bond acceptors (Lipinski definition) is 6. The number of carbonyl (C=O) groups excluding carboxylic acids is 3. The first-order valence-electron chi connectivity index (χ1n) is 8.11. The van der Waals surface area contributed by atoms with Gasteiger partial charge >= 0.3 is 11.9 Å². The van der Waals surface area contributed by atoms with Crippen LogP contribution in [0.15, 0.2) is 30.0 Å². The van der Waals surface area contributed by atoms with Crippen LogP contribution in [-0.4, -0.2) is 30.2 Å². The van der Waals surface area contributed by atoms with Crippen molar-refractivity contribution >= 4 is 29.2 Å². The van der Waals surface area contributed by atoms with Gasteiger partial charge in [0.05, 0.1) is 11.4 Å². The van der Waals surface area contributed by atoms with Gasteiger partial charge in [0.1, 0.15) is 0 Å². The molecule has 7 nitrogen and oxygen atoms in total. The summed E-state index contributed by atoms with van der Waals surface area (Å²) in [6.45, 7) is 5.54. The fourth-order valence-corrected chi connectivity index (χ4v) is 2.83. The molecular formula is C18H20N2O5. The Hall–Kier alpha value is -2.83. The van der Waals surface area contributed by atoms with E-state index in [1.165, 1.54) is 20.0 Å². The maximum atomic E-state index is 12.0. The summed E-state index contributed by atoms with van der Waals surface area (Å²) < 4.78 is 10.1. The van der Waals surface area contributed by atoms with Crippen LogP contribution < -0.4 is 10.2 Å². The number of hydrogen-bond donors (Lipinski definition) is 1. The Morgan fingerprint density at radius 1 is 1.16 bits per heavy atom. The Kier molecular flexibility index (Phi) is 4.24. The van der Waals surface area contributed by atoms with E-state index in [4.69, 9.17) is 9.47 Å². The lowest BCUT2D eigenvalue weighted by Crippen LogP contribution is -2.42. The molecule has 2 aliphatic heterocycles. The molecule has 0 aliphatic carbocycles. The topological polar surface area (TPSA) is 84.9 Å². The smallest absolute Gasteiger partial charge is 0.350 e. The van der Waals surface area contributed by atoms with Gasteiger partial charge in [-0.2, -0.15) is 0 Å². The van der Waals surface area contributed by atoms with E-state index in [1.807, 2.05) is 25.1 Å². The van der Waals surface area contributed by atoms with E-state index in [0.29, 0.717) is 24.3 Å². The molecule has 7 heteroatoms. The van der Waals surface area contributed by atoms with Gasteiger partial charge in [-0.15, -0.1) is 0 Å². The second-order valence-corrected chi connectivity index (χ2v) is 6.55. The minimum absolute atomic E-state index is 0.0535. The summed E-state index contributed by atoms with van der Waals surface area (Å²) >= 11 is 0. The molecule has 0 aromatic heterocycles. The number of ether oxygens (including phenoxy) is 2. The minimum atomic E-state index is -1.28. The molecule has 0 spiro atoms. The van der Waals surface area contributed by atoms with Gasteiger partial charge in [0.25, 0.3) is 5.79 Å². The molecule has 2 saturated heterocycles. The van der Waals surface area contributed by atoms with Crippen LogP contribution in [0.4, 0.5) is 11.4 Å². The Balaban J connectivity index is 1.88. The highest BCUT2D eigenvalue weighted by Crippen LogP contribution is 2.31. The van der Waals surface area contributed by atoms with Crippen molar-refractivity contribution in [3.63, 3.8) is 0 Å². The zero-order chi connectivity index (χ0) is 18.2. The predicted molar refractivity (Wildman–Crippen MR) is 90.7 cm³/mol. The van der Waals surface area contributed by atoms with Crippen molar-refractivity contribution in [2.45, 2.75) is 39.4 Å². The van der Waals surface area contributed by atoms with Crippen LogP contribution in [0.1, 0.15) is 32.3 Å². The first kappa shape index (κ1) is 17.0. The largest absolute Gasteiger partial charge is 0.419 e. The number of nitrogens with zero attached hydrogens (tertiary/aromatic N) is 1. The van der Waals surface area contributed by atoms with E-state index in [1.54, 1.807) is 4.90 Å². The van der Waals surface area contributed by atoms with Gasteiger partial charge in [0, 0.05) is 33.0 Å². The molecule has 1 N–H and O–H groups in total. The highest BCUT2D eigenvalue weighted by atomic mass is 16.7. The fraction of sp³-hybridized carbons (Fsp3) is 0.389. The lowest BCUT2D eigenvalue weighted by atomic mass is 10.1. The van der Waals surface area contributed by atoms with Gasteiger partial charge in [-0.05, 0) is 31.0 Å². The average Bonchev–Trinajstić information content (AvgIpc) is 2.91. The van der Waals surface area contributed by atoms with Crippen LogP contribution in [0.5, 0.6) is 0 Å². The third-order valence-corrected chi connectivity index (χ3v) is 4.01. The van der Waals surface area contributed by atoms with E-state index in [-0.39, 0.29) is 11.5 Å². The molecule has 2 aliphatic rings. The van der Waals surface area contributed by atoms with Crippen LogP contribution in [0.25, 0.3) is 0 Å². The second kappa shape index (κ2) is 6.23. The number of rotatable bonds is 3. The number of amides is 1. The highest BCUT2D eigenvalue weighted by molar-refractivity contribution is 6.15. The Bertz CT molecular complexity index is 760. The van der Waals surface area contributed by atoms with Crippen LogP contribution in [0.3, 0.4) is 0 Å². The molecule has 1 aromatic carbocycles. The number of esters is 2. The lowest BCUT2D eigenvalue weighted by molar-refractivity contribution is -0.222. The van der Waals surface area contributed by atoms with Crippen LogP contribution in [0, 0.1) is 6.92 Å². The van der Waals surface area contributed by atoms with Gasteiger partial charge < -0.3 is 19.7 Å². The standard InChI is InChI=1S/C18H20N2O5/c1-11-6-7-14(20-8-4-5-15(20)21)13(9-11)19-10-12-16(22)24-18(2,3)25-17(12)23/h6-7,9-10,19H,4-5,8H2,1-3H3. The molecule has 1 aromatic rings. The predicted octanol–water partition coefficient (Wildman–Crippen LogP) is 2.25. The first-order chi connectivity index (χ1) is 11.8. The van der Waals surface area contributed by atoms with Crippen molar-refractivity contribution < 1.29 is 23.9 Å². The molecule has 132 valence electrons. The number of aryl methyl sites for hydroxylation is 1. The molecular weight excluding hydrogens is 324 g/mol. The SMILES string of the molecule is Cc1ccc(N2CCCC2=O)c(NC=C2C(=O)OC(C)(C)OC2=O)c1. The summed E-state index contributed by atoms with van der Waals surface area (Å²) in [4.78, 5) is 37.7. The van der Waals surface area contributed by atoms with Gasteiger partial charge in [-0.25, -0.2) is 9.59 Å². The molecule has 0 atom stereocenters. The third kappa shape index (κ3) is 3.50. The van der Waals surface area contributed by atoms with E-state index < -0.39 is 17.7 Å². The summed E-state index contributed by atoms with van der Waals surface area (Å²) in [6.07, 6.45) is 2.59. The van der Waals surface area contributed by atoms with Crippen LogP contribution >= 0.6 is 0 Å². The summed E-state index contributed by atoms with van der Waals surface area (Å²) in [5.74, 6) is -2.72. The third-order valence-electron chi connectivity index (χ3n) is 4.01. The molecule has 2 heterocycles. The monoisotopic (exact) mass is 344 g/mol. The van der Waals surface area contributed by atoms with Crippen molar-refractivity contribution in [1.82, 2.24) is 0 Å².